The highest BCUT2D eigenvalue weighted by atomic mass is 16.2. The monoisotopic (exact) mass is 326 g/mol. The van der Waals surface area contributed by atoms with Crippen molar-refractivity contribution in [2.75, 3.05) is 5.32 Å². The Bertz CT molecular complexity index is 1090. The zero-order valence-corrected chi connectivity index (χ0v) is 13.9. The van der Waals surface area contributed by atoms with E-state index < -0.39 is 11.5 Å². The van der Waals surface area contributed by atoms with Gasteiger partial charge >= 0.3 is 5.69 Å². The normalized spacial score (nSPS) is 11.0. The highest BCUT2D eigenvalue weighted by Crippen LogP contribution is 2.18. The van der Waals surface area contributed by atoms with E-state index in [4.69, 9.17) is 0 Å². The van der Waals surface area contributed by atoms with Crippen LogP contribution in [-0.4, -0.2) is 20.0 Å². The molecule has 0 unspecified atom stereocenters. The van der Waals surface area contributed by atoms with Crippen LogP contribution >= 0.6 is 0 Å². The largest absolute Gasteiger partial charge is 0.328 e. The second-order valence-corrected chi connectivity index (χ2v) is 5.90. The Balaban J connectivity index is 2.01. The third-order valence-electron chi connectivity index (χ3n) is 4.12. The van der Waals surface area contributed by atoms with Gasteiger partial charge in [-0.05, 0) is 43.7 Å². The number of imidazole rings is 1. The number of carbonyl (C=O) groups excluding carboxylic acids is 1. The fourth-order valence-electron chi connectivity index (χ4n) is 2.91. The van der Waals surface area contributed by atoms with E-state index in [0.717, 1.165) is 5.52 Å². The maximum absolute atomic E-state index is 12.5. The molecule has 7 heteroatoms. The van der Waals surface area contributed by atoms with Crippen LogP contribution in [0.1, 0.15) is 21.6 Å². The molecule has 0 atom stereocenters. The summed E-state index contributed by atoms with van der Waals surface area (Å²) in [5, 5.41) is 2.72. The molecule has 0 bridgehead atoms. The number of hydrogen-bond acceptors (Lipinski definition) is 3. The highest BCUT2D eigenvalue weighted by Gasteiger charge is 2.15. The molecule has 0 fully saturated rings. The number of benzene rings is 1. The van der Waals surface area contributed by atoms with Crippen molar-refractivity contribution in [2.45, 2.75) is 13.8 Å². The molecule has 1 aromatic carbocycles. The minimum atomic E-state index is -0.478. The molecule has 124 valence electrons. The van der Waals surface area contributed by atoms with E-state index in [1.807, 2.05) is 0 Å². The summed E-state index contributed by atoms with van der Waals surface area (Å²) in [5.74, 6) is -0.478. The summed E-state index contributed by atoms with van der Waals surface area (Å²) in [6, 6.07) is 6.93. The van der Waals surface area contributed by atoms with Crippen molar-refractivity contribution in [2.24, 2.45) is 14.1 Å². The third-order valence-corrected chi connectivity index (χ3v) is 4.12. The summed E-state index contributed by atoms with van der Waals surface area (Å²) >= 11 is 0. The number of rotatable bonds is 2. The Hall–Kier alpha value is -3.09. The molecule has 0 radical (unpaired) electrons. The van der Waals surface area contributed by atoms with Crippen LogP contribution in [0.25, 0.3) is 11.0 Å². The first kappa shape index (κ1) is 15.8. The lowest BCUT2D eigenvalue weighted by molar-refractivity contribution is 0.102. The van der Waals surface area contributed by atoms with Crippen LogP contribution in [-0.2, 0) is 14.1 Å². The van der Waals surface area contributed by atoms with Gasteiger partial charge in [-0.15, -0.1) is 0 Å². The van der Waals surface area contributed by atoms with E-state index in [2.05, 4.69) is 10.3 Å². The molecule has 3 aromatic rings. The zero-order valence-electron chi connectivity index (χ0n) is 13.9. The van der Waals surface area contributed by atoms with Crippen molar-refractivity contribution in [1.29, 1.82) is 0 Å². The average Bonchev–Trinajstić information content (AvgIpc) is 2.71. The second kappa shape index (κ2) is 5.52. The summed E-state index contributed by atoms with van der Waals surface area (Å²) in [4.78, 5) is 39.1. The summed E-state index contributed by atoms with van der Waals surface area (Å²) in [6.45, 7) is 3.49. The molecule has 2 N–H and O–H groups in total. The molecular weight excluding hydrogens is 308 g/mol. The van der Waals surface area contributed by atoms with Gasteiger partial charge in [0.2, 0.25) is 0 Å². The maximum Gasteiger partial charge on any atom is 0.328 e. The quantitative estimate of drug-likeness (QED) is 0.747. The second-order valence-electron chi connectivity index (χ2n) is 5.90. The minimum Gasteiger partial charge on any atom is -0.326 e. The number of anilines is 1. The van der Waals surface area contributed by atoms with Gasteiger partial charge in [-0.3, -0.25) is 18.7 Å². The molecular formula is C17H18N4O3. The molecule has 0 aliphatic carbocycles. The van der Waals surface area contributed by atoms with Crippen molar-refractivity contribution in [3.05, 3.63) is 61.9 Å². The number of nitrogens with zero attached hydrogens (tertiary/aromatic N) is 2. The lowest BCUT2D eigenvalue weighted by Crippen LogP contribution is -2.25. The summed E-state index contributed by atoms with van der Waals surface area (Å²) in [5.41, 5.74) is 2.84. The Morgan fingerprint density at radius 1 is 1.04 bits per heavy atom. The standard InChI is InChI=1S/C17H18N4O3/c1-9-7-10(2)18-15(22)14(9)16(23)19-11-5-6-12-13(8-11)21(4)17(24)20(12)3/h5-8H,1-4H3,(H,18,22)(H,19,23). The van der Waals surface area contributed by atoms with E-state index >= 15 is 0 Å². The van der Waals surface area contributed by atoms with Crippen molar-refractivity contribution in [3.63, 3.8) is 0 Å². The summed E-state index contributed by atoms with van der Waals surface area (Å²) < 4.78 is 3.05. The fourth-order valence-corrected chi connectivity index (χ4v) is 2.91. The lowest BCUT2D eigenvalue weighted by atomic mass is 10.1. The topological polar surface area (TPSA) is 88.9 Å². The molecule has 7 nitrogen and oxygen atoms in total. The predicted octanol–water partition coefficient (Wildman–Crippen LogP) is 1.43. The molecule has 0 saturated heterocycles. The summed E-state index contributed by atoms with van der Waals surface area (Å²) in [7, 11) is 3.36. The molecule has 2 aromatic heterocycles. The maximum atomic E-state index is 12.5. The molecule has 0 aliphatic rings. The van der Waals surface area contributed by atoms with Crippen LogP contribution in [0, 0.1) is 13.8 Å². The van der Waals surface area contributed by atoms with Crippen LogP contribution in [0.2, 0.25) is 0 Å². The van der Waals surface area contributed by atoms with E-state index in [1.54, 1.807) is 52.2 Å². The summed E-state index contributed by atoms with van der Waals surface area (Å²) in [6.07, 6.45) is 0. The first-order valence-electron chi connectivity index (χ1n) is 7.47. The molecule has 0 spiro atoms. The van der Waals surface area contributed by atoms with Gasteiger partial charge in [0.1, 0.15) is 5.56 Å². The Morgan fingerprint density at radius 2 is 1.71 bits per heavy atom. The van der Waals surface area contributed by atoms with Gasteiger partial charge in [0.15, 0.2) is 0 Å². The first-order valence-corrected chi connectivity index (χ1v) is 7.47. The Morgan fingerprint density at radius 3 is 2.38 bits per heavy atom. The average molecular weight is 326 g/mol. The molecule has 0 saturated carbocycles. The van der Waals surface area contributed by atoms with Gasteiger partial charge < -0.3 is 10.3 Å². The number of pyridine rings is 1. The molecule has 3 rings (SSSR count). The van der Waals surface area contributed by atoms with Crippen molar-refractivity contribution in [1.82, 2.24) is 14.1 Å². The van der Waals surface area contributed by atoms with Crippen molar-refractivity contribution >= 4 is 22.6 Å². The fraction of sp³-hybridized carbons (Fsp3) is 0.235. The van der Waals surface area contributed by atoms with E-state index in [0.29, 0.717) is 22.5 Å². The number of hydrogen-bond donors (Lipinski definition) is 2. The minimum absolute atomic E-state index is 0.0858. The van der Waals surface area contributed by atoms with Gasteiger partial charge in [0.25, 0.3) is 11.5 Å². The van der Waals surface area contributed by atoms with Crippen molar-refractivity contribution < 1.29 is 4.79 Å². The number of aromatic nitrogens is 3. The van der Waals surface area contributed by atoms with Crippen LogP contribution in [0.5, 0.6) is 0 Å². The number of fused-ring (bicyclic) bond motifs is 1. The van der Waals surface area contributed by atoms with Crippen LogP contribution < -0.4 is 16.6 Å². The third kappa shape index (κ3) is 2.44. The van der Waals surface area contributed by atoms with E-state index in [-0.39, 0.29) is 11.3 Å². The van der Waals surface area contributed by atoms with Gasteiger partial charge in [0.05, 0.1) is 11.0 Å². The SMILES string of the molecule is Cc1cc(C)c(C(=O)Nc2ccc3c(c2)n(C)c(=O)n3C)c(=O)[nH]1. The predicted molar refractivity (Wildman–Crippen MR) is 92.6 cm³/mol. The number of H-pyrrole nitrogens is 1. The number of aryl methyl sites for hydroxylation is 4. The van der Waals surface area contributed by atoms with Crippen LogP contribution in [0.15, 0.2) is 33.9 Å². The van der Waals surface area contributed by atoms with E-state index in [9.17, 15) is 14.4 Å². The number of carbonyl (C=O) groups is 1. The smallest absolute Gasteiger partial charge is 0.326 e. The number of aromatic amines is 1. The highest BCUT2D eigenvalue weighted by molar-refractivity contribution is 6.05. The van der Waals surface area contributed by atoms with Crippen LogP contribution in [0.4, 0.5) is 5.69 Å². The molecule has 1 amide bonds. The van der Waals surface area contributed by atoms with Gasteiger partial charge in [-0.1, -0.05) is 0 Å². The number of nitrogens with one attached hydrogen (secondary N) is 2. The lowest BCUT2D eigenvalue weighted by Gasteiger charge is -2.08. The van der Waals surface area contributed by atoms with Gasteiger partial charge in [0, 0.05) is 25.5 Å². The van der Waals surface area contributed by atoms with Gasteiger partial charge in [-0.2, -0.15) is 0 Å². The van der Waals surface area contributed by atoms with Crippen molar-refractivity contribution in [3.8, 4) is 0 Å². The molecule has 0 aliphatic heterocycles. The zero-order chi connectivity index (χ0) is 17.6. The molecule has 2 heterocycles. The Kier molecular flexibility index (Phi) is 3.63. The van der Waals surface area contributed by atoms with Gasteiger partial charge in [-0.25, -0.2) is 4.79 Å². The van der Waals surface area contributed by atoms with Crippen LogP contribution in [0.3, 0.4) is 0 Å². The Labute approximate surface area is 137 Å². The molecule has 24 heavy (non-hydrogen) atoms. The number of amides is 1. The first-order chi connectivity index (χ1) is 11.3. The van der Waals surface area contributed by atoms with E-state index in [1.165, 1.54) is 9.13 Å².